The number of carbonyl (C=O) groups excluding carboxylic acids is 1. The third-order valence-electron chi connectivity index (χ3n) is 3.96. The molecule has 1 fully saturated rings. The SMILES string of the molecule is Cc1cnc([C@@H]2CCN(C(=O)Cc3sc(C)nc3C)C2)[nH]1. The molecule has 1 saturated heterocycles. The highest BCUT2D eigenvalue weighted by molar-refractivity contribution is 7.11. The fourth-order valence-corrected chi connectivity index (χ4v) is 3.77. The van der Waals surface area contributed by atoms with Crippen molar-refractivity contribution in [2.75, 3.05) is 13.1 Å². The number of carbonyl (C=O) groups is 1. The smallest absolute Gasteiger partial charge is 0.227 e. The molecule has 21 heavy (non-hydrogen) atoms. The van der Waals surface area contributed by atoms with Gasteiger partial charge >= 0.3 is 0 Å². The first-order chi connectivity index (χ1) is 10.0. The molecule has 0 saturated carbocycles. The van der Waals surface area contributed by atoms with Crippen molar-refractivity contribution in [3.05, 3.63) is 33.3 Å². The zero-order valence-corrected chi connectivity index (χ0v) is 13.5. The van der Waals surface area contributed by atoms with Gasteiger partial charge in [0.05, 0.1) is 17.1 Å². The second-order valence-electron chi connectivity index (χ2n) is 5.70. The van der Waals surface area contributed by atoms with Crippen LogP contribution in [-0.2, 0) is 11.2 Å². The third-order valence-corrected chi connectivity index (χ3v) is 5.03. The van der Waals surface area contributed by atoms with Gasteiger partial charge in [-0.25, -0.2) is 9.97 Å². The lowest BCUT2D eigenvalue weighted by Crippen LogP contribution is -2.29. The fraction of sp³-hybridized carbons (Fsp3) is 0.533. The first-order valence-electron chi connectivity index (χ1n) is 7.25. The van der Waals surface area contributed by atoms with Gasteiger partial charge in [0, 0.05) is 35.8 Å². The van der Waals surface area contributed by atoms with Gasteiger partial charge in [-0.2, -0.15) is 0 Å². The number of thiazole rings is 1. The molecule has 1 aliphatic rings. The predicted molar refractivity (Wildman–Crippen MR) is 82.6 cm³/mol. The summed E-state index contributed by atoms with van der Waals surface area (Å²) < 4.78 is 0. The number of aryl methyl sites for hydroxylation is 3. The van der Waals surface area contributed by atoms with Crippen LogP contribution in [0.25, 0.3) is 0 Å². The van der Waals surface area contributed by atoms with Crippen LogP contribution in [0.15, 0.2) is 6.20 Å². The molecule has 6 heteroatoms. The summed E-state index contributed by atoms with van der Waals surface area (Å²) in [4.78, 5) is 27.5. The Labute approximate surface area is 128 Å². The average molecular weight is 304 g/mol. The normalized spacial score (nSPS) is 18.4. The molecule has 1 aliphatic heterocycles. The second kappa shape index (κ2) is 5.60. The van der Waals surface area contributed by atoms with E-state index >= 15 is 0 Å². The zero-order valence-electron chi connectivity index (χ0n) is 12.6. The molecule has 1 N–H and O–H groups in total. The fourth-order valence-electron chi connectivity index (χ4n) is 2.84. The molecule has 1 amide bonds. The molecule has 1 atom stereocenters. The van der Waals surface area contributed by atoms with E-state index in [0.717, 1.165) is 46.6 Å². The number of nitrogens with zero attached hydrogens (tertiary/aromatic N) is 3. The van der Waals surface area contributed by atoms with Gasteiger partial charge in [-0.3, -0.25) is 4.79 Å². The topological polar surface area (TPSA) is 61.9 Å². The molecule has 5 nitrogen and oxygen atoms in total. The summed E-state index contributed by atoms with van der Waals surface area (Å²) in [6.45, 7) is 7.55. The van der Waals surface area contributed by atoms with E-state index < -0.39 is 0 Å². The van der Waals surface area contributed by atoms with Gasteiger partial charge in [0.2, 0.25) is 5.91 Å². The van der Waals surface area contributed by atoms with Crippen LogP contribution in [0.4, 0.5) is 0 Å². The van der Waals surface area contributed by atoms with E-state index in [1.165, 1.54) is 0 Å². The molecule has 3 rings (SSSR count). The minimum Gasteiger partial charge on any atom is -0.346 e. The molecule has 2 aromatic heterocycles. The van der Waals surface area contributed by atoms with Crippen molar-refractivity contribution in [1.82, 2.24) is 19.9 Å². The van der Waals surface area contributed by atoms with Crippen LogP contribution < -0.4 is 0 Å². The third kappa shape index (κ3) is 3.00. The van der Waals surface area contributed by atoms with Crippen molar-refractivity contribution in [3.63, 3.8) is 0 Å². The van der Waals surface area contributed by atoms with E-state index in [-0.39, 0.29) is 5.91 Å². The van der Waals surface area contributed by atoms with Crippen molar-refractivity contribution < 1.29 is 4.79 Å². The number of aromatic nitrogens is 3. The largest absolute Gasteiger partial charge is 0.346 e. The maximum Gasteiger partial charge on any atom is 0.227 e. The van der Waals surface area contributed by atoms with Crippen LogP contribution in [-0.4, -0.2) is 38.8 Å². The van der Waals surface area contributed by atoms with E-state index in [1.807, 2.05) is 31.9 Å². The monoisotopic (exact) mass is 304 g/mol. The number of hydrogen-bond donors (Lipinski definition) is 1. The predicted octanol–water partition coefficient (Wildman–Crippen LogP) is 2.35. The van der Waals surface area contributed by atoms with Gasteiger partial charge in [0.25, 0.3) is 0 Å². The first-order valence-corrected chi connectivity index (χ1v) is 8.06. The number of rotatable bonds is 3. The average Bonchev–Trinajstić information content (AvgIpc) is 3.11. The molecular formula is C15H20N4OS. The van der Waals surface area contributed by atoms with E-state index in [1.54, 1.807) is 11.3 Å². The number of hydrogen-bond acceptors (Lipinski definition) is 4. The minimum atomic E-state index is 0.201. The molecule has 112 valence electrons. The van der Waals surface area contributed by atoms with Crippen molar-refractivity contribution in [2.24, 2.45) is 0 Å². The number of imidazole rings is 1. The Hall–Kier alpha value is -1.69. The molecule has 3 heterocycles. The van der Waals surface area contributed by atoms with Crippen molar-refractivity contribution >= 4 is 17.2 Å². The zero-order chi connectivity index (χ0) is 15.0. The molecule has 2 aromatic rings. The van der Waals surface area contributed by atoms with Gasteiger partial charge < -0.3 is 9.88 Å². The van der Waals surface area contributed by atoms with Gasteiger partial charge in [0.15, 0.2) is 0 Å². The summed E-state index contributed by atoms with van der Waals surface area (Å²) in [5, 5.41) is 1.03. The van der Waals surface area contributed by atoms with E-state index in [2.05, 4.69) is 15.0 Å². The Morgan fingerprint density at radius 3 is 2.90 bits per heavy atom. The first kappa shape index (κ1) is 14.3. The Morgan fingerprint density at radius 1 is 1.48 bits per heavy atom. The Kier molecular flexibility index (Phi) is 3.80. The highest BCUT2D eigenvalue weighted by Gasteiger charge is 2.29. The summed E-state index contributed by atoms with van der Waals surface area (Å²) in [6, 6.07) is 0. The van der Waals surface area contributed by atoms with Crippen molar-refractivity contribution in [1.29, 1.82) is 0 Å². The van der Waals surface area contributed by atoms with Crippen LogP contribution in [0, 0.1) is 20.8 Å². The highest BCUT2D eigenvalue weighted by Crippen LogP contribution is 2.26. The molecule has 0 unspecified atom stereocenters. The summed E-state index contributed by atoms with van der Waals surface area (Å²) in [5.74, 6) is 1.55. The van der Waals surface area contributed by atoms with Crippen LogP contribution in [0.1, 0.15) is 39.4 Å². The number of amides is 1. The van der Waals surface area contributed by atoms with Crippen LogP contribution >= 0.6 is 11.3 Å². The summed E-state index contributed by atoms with van der Waals surface area (Å²) in [7, 11) is 0. The van der Waals surface area contributed by atoms with Crippen molar-refractivity contribution in [3.8, 4) is 0 Å². The van der Waals surface area contributed by atoms with Gasteiger partial charge in [-0.05, 0) is 27.2 Å². The number of nitrogens with one attached hydrogen (secondary N) is 1. The van der Waals surface area contributed by atoms with E-state index in [0.29, 0.717) is 12.3 Å². The number of H-pyrrole nitrogens is 1. The Morgan fingerprint density at radius 2 is 2.29 bits per heavy atom. The molecular weight excluding hydrogens is 284 g/mol. The van der Waals surface area contributed by atoms with Crippen LogP contribution in [0.5, 0.6) is 0 Å². The summed E-state index contributed by atoms with van der Waals surface area (Å²) in [6.07, 6.45) is 3.31. The number of likely N-dealkylation sites (tertiary alicyclic amines) is 1. The quantitative estimate of drug-likeness (QED) is 0.947. The van der Waals surface area contributed by atoms with Gasteiger partial charge in [-0.1, -0.05) is 0 Å². The maximum absolute atomic E-state index is 12.4. The molecule has 0 bridgehead atoms. The standard InChI is InChI=1S/C15H20N4OS/c1-9-7-16-15(17-9)12-4-5-19(8-12)14(20)6-13-10(2)18-11(3)21-13/h7,12H,4-6,8H2,1-3H3,(H,16,17)/t12-/m1/s1. The van der Waals surface area contributed by atoms with Gasteiger partial charge in [0.1, 0.15) is 5.82 Å². The minimum absolute atomic E-state index is 0.201. The second-order valence-corrected chi connectivity index (χ2v) is 6.98. The Bertz CT molecular complexity index is 660. The lowest BCUT2D eigenvalue weighted by Gasteiger charge is -2.15. The maximum atomic E-state index is 12.4. The molecule has 0 aliphatic carbocycles. The van der Waals surface area contributed by atoms with Crippen LogP contribution in [0.3, 0.4) is 0 Å². The summed E-state index contributed by atoms with van der Waals surface area (Å²) >= 11 is 1.62. The van der Waals surface area contributed by atoms with Crippen LogP contribution in [0.2, 0.25) is 0 Å². The lowest BCUT2D eigenvalue weighted by atomic mass is 10.1. The highest BCUT2D eigenvalue weighted by atomic mass is 32.1. The van der Waals surface area contributed by atoms with Crippen molar-refractivity contribution in [2.45, 2.75) is 39.5 Å². The summed E-state index contributed by atoms with van der Waals surface area (Å²) in [5.41, 5.74) is 2.06. The Balaban J connectivity index is 1.63. The van der Waals surface area contributed by atoms with E-state index in [4.69, 9.17) is 0 Å². The molecule has 0 radical (unpaired) electrons. The van der Waals surface area contributed by atoms with Gasteiger partial charge in [-0.15, -0.1) is 11.3 Å². The molecule has 0 spiro atoms. The number of aromatic amines is 1. The molecule has 0 aromatic carbocycles. The lowest BCUT2D eigenvalue weighted by molar-refractivity contribution is -0.129. The van der Waals surface area contributed by atoms with E-state index in [9.17, 15) is 4.79 Å².